The average molecular weight is 362 g/mol. The maximum atomic E-state index is 6.25. The van der Waals surface area contributed by atoms with Gasteiger partial charge in [-0.25, -0.2) is 0 Å². The highest BCUT2D eigenvalue weighted by Gasteiger charge is 2.29. The quantitative estimate of drug-likeness (QED) is 0.733. The van der Waals surface area contributed by atoms with Gasteiger partial charge in [0, 0.05) is 22.0 Å². The van der Waals surface area contributed by atoms with Crippen molar-refractivity contribution in [1.82, 2.24) is 19.8 Å². The number of nitrogens with zero attached hydrogens (tertiary/aromatic N) is 4. The van der Waals surface area contributed by atoms with Gasteiger partial charge in [0.25, 0.3) is 0 Å². The van der Waals surface area contributed by atoms with Crippen molar-refractivity contribution in [1.29, 1.82) is 0 Å². The highest BCUT2D eigenvalue weighted by molar-refractivity contribution is 6.35. The third-order valence-corrected chi connectivity index (χ3v) is 4.75. The first kappa shape index (κ1) is 15.7. The minimum atomic E-state index is 0.175. The lowest BCUT2D eigenvalue weighted by Gasteiger charge is -2.15. The molecular weight excluding hydrogens is 345 g/mol. The molecular formula is C17H17Cl2N5. The summed E-state index contributed by atoms with van der Waals surface area (Å²) in [6.07, 6.45) is 3.13. The molecule has 0 spiro atoms. The smallest absolute Gasteiger partial charge is 0.178 e. The van der Waals surface area contributed by atoms with Gasteiger partial charge in [0.05, 0.1) is 0 Å². The largest absolute Gasteiger partial charge is 0.366 e. The summed E-state index contributed by atoms with van der Waals surface area (Å²) in [7, 11) is 0. The monoisotopic (exact) mass is 361 g/mol. The Hall–Kier alpha value is -1.85. The number of nitrogens with one attached hydrogen (secondary N) is 1. The highest BCUT2D eigenvalue weighted by Crippen LogP contribution is 2.38. The van der Waals surface area contributed by atoms with Gasteiger partial charge in [0.1, 0.15) is 5.82 Å². The van der Waals surface area contributed by atoms with Crippen LogP contribution in [0.3, 0.4) is 0 Å². The van der Waals surface area contributed by atoms with Crippen LogP contribution in [0.25, 0.3) is 5.65 Å². The van der Waals surface area contributed by atoms with Crippen LogP contribution in [-0.4, -0.2) is 25.9 Å². The van der Waals surface area contributed by atoms with E-state index in [9.17, 15) is 0 Å². The fourth-order valence-electron chi connectivity index (χ4n) is 2.80. The Morgan fingerprint density at radius 3 is 2.79 bits per heavy atom. The molecule has 1 aliphatic carbocycles. The molecule has 1 fully saturated rings. The summed E-state index contributed by atoms with van der Waals surface area (Å²) in [6, 6.07) is 9.64. The lowest BCUT2D eigenvalue weighted by molar-refractivity contribution is 0.763. The summed E-state index contributed by atoms with van der Waals surface area (Å²) in [4.78, 5) is 0. The predicted molar refractivity (Wildman–Crippen MR) is 96.0 cm³/mol. The summed E-state index contributed by atoms with van der Waals surface area (Å²) in [6.45, 7) is 2.10. The third kappa shape index (κ3) is 3.19. The van der Waals surface area contributed by atoms with Crippen molar-refractivity contribution in [2.45, 2.75) is 38.1 Å². The van der Waals surface area contributed by atoms with Crippen LogP contribution in [0.1, 0.15) is 37.1 Å². The van der Waals surface area contributed by atoms with Gasteiger partial charge in [-0.2, -0.15) is 4.52 Å². The minimum Gasteiger partial charge on any atom is -0.366 e. The molecule has 1 N–H and O–H groups in total. The number of hydrogen-bond donors (Lipinski definition) is 1. The van der Waals surface area contributed by atoms with Gasteiger partial charge in [-0.3, -0.25) is 0 Å². The maximum Gasteiger partial charge on any atom is 0.178 e. The lowest BCUT2D eigenvalue weighted by atomic mass is 10.1. The molecule has 1 saturated carbocycles. The number of benzene rings is 1. The fraction of sp³-hybridized carbons (Fsp3) is 0.353. The van der Waals surface area contributed by atoms with E-state index in [4.69, 9.17) is 23.2 Å². The van der Waals surface area contributed by atoms with E-state index in [1.54, 1.807) is 6.07 Å². The number of halogens is 2. The molecule has 1 aliphatic rings. The first-order valence-corrected chi connectivity index (χ1v) is 8.78. The first-order chi connectivity index (χ1) is 11.6. The van der Waals surface area contributed by atoms with Crippen molar-refractivity contribution in [3.8, 4) is 0 Å². The van der Waals surface area contributed by atoms with Crippen LogP contribution in [0.2, 0.25) is 10.0 Å². The van der Waals surface area contributed by atoms with Crippen LogP contribution in [0, 0.1) is 0 Å². The molecule has 0 saturated heterocycles. The van der Waals surface area contributed by atoms with Gasteiger partial charge >= 0.3 is 0 Å². The maximum absolute atomic E-state index is 6.25. The molecule has 24 heavy (non-hydrogen) atoms. The molecule has 124 valence electrons. The molecule has 2 heterocycles. The zero-order valence-corrected chi connectivity index (χ0v) is 14.7. The summed E-state index contributed by atoms with van der Waals surface area (Å²) in [5, 5.41) is 17.8. The van der Waals surface area contributed by atoms with Gasteiger partial charge in [-0.15, -0.1) is 15.3 Å². The first-order valence-electron chi connectivity index (χ1n) is 8.03. The Kier molecular flexibility index (Phi) is 4.06. The third-order valence-electron chi connectivity index (χ3n) is 4.16. The van der Waals surface area contributed by atoms with E-state index in [0.717, 1.165) is 29.3 Å². The average Bonchev–Trinajstić information content (AvgIpc) is 3.30. The van der Waals surface area contributed by atoms with E-state index in [1.165, 1.54) is 12.8 Å². The van der Waals surface area contributed by atoms with Crippen LogP contribution in [0.15, 0.2) is 30.3 Å². The van der Waals surface area contributed by atoms with Crippen LogP contribution in [0.5, 0.6) is 0 Å². The summed E-state index contributed by atoms with van der Waals surface area (Å²) in [5.41, 5.74) is 1.85. The van der Waals surface area contributed by atoms with Crippen LogP contribution in [0.4, 0.5) is 5.82 Å². The van der Waals surface area contributed by atoms with Gasteiger partial charge in [0.15, 0.2) is 11.5 Å². The van der Waals surface area contributed by atoms with Crippen molar-refractivity contribution < 1.29 is 0 Å². The molecule has 0 radical (unpaired) electrons. The van der Waals surface area contributed by atoms with Crippen LogP contribution >= 0.6 is 23.2 Å². The van der Waals surface area contributed by atoms with Crippen molar-refractivity contribution >= 4 is 34.7 Å². The van der Waals surface area contributed by atoms with Crippen molar-refractivity contribution in [3.05, 3.63) is 51.8 Å². The van der Waals surface area contributed by atoms with Crippen LogP contribution in [-0.2, 0) is 6.42 Å². The second-order valence-corrected chi connectivity index (χ2v) is 7.15. The van der Waals surface area contributed by atoms with E-state index in [1.807, 2.05) is 28.8 Å². The summed E-state index contributed by atoms with van der Waals surface area (Å²) >= 11 is 12.2. The van der Waals surface area contributed by atoms with E-state index < -0.39 is 0 Å². The summed E-state index contributed by atoms with van der Waals surface area (Å²) < 4.78 is 1.85. The molecule has 0 amide bonds. The molecule has 0 bridgehead atoms. The standard InChI is InChI=1S/C17H17Cl2N5/c1-10(8-12-4-5-13(18)9-14(12)19)20-15-6-7-16-21-22-17(11-2-3-11)24(16)23-15/h4-7,9-11H,2-3,8H2,1H3,(H,20,23). The molecule has 5 nitrogen and oxygen atoms in total. The Balaban J connectivity index is 1.51. The molecule has 7 heteroatoms. The molecule has 0 aliphatic heterocycles. The topological polar surface area (TPSA) is 55.1 Å². The normalized spacial score (nSPS) is 15.6. The Labute approximate surface area is 150 Å². The molecule has 2 aromatic heterocycles. The Bertz CT molecular complexity index is 888. The molecule has 1 unspecified atom stereocenters. The van der Waals surface area contributed by atoms with Crippen LogP contribution < -0.4 is 5.32 Å². The molecule has 4 rings (SSSR count). The van der Waals surface area contributed by atoms with E-state index in [2.05, 4.69) is 27.5 Å². The highest BCUT2D eigenvalue weighted by atomic mass is 35.5. The van der Waals surface area contributed by atoms with E-state index in [0.29, 0.717) is 16.0 Å². The second-order valence-electron chi connectivity index (χ2n) is 6.31. The zero-order valence-electron chi connectivity index (χ0n) is 13.2. The predicted octanol–water partition coefficient (Wildman–Crippen LogP) is 4.35. The number of hydrogen-bond acceptors (Lipinski definition) is 4. The second kappa shape index (κ2) is 6.22. The van der Waals surface area contributed by atoms with Gasteiger partial charge < -0.3 is 5.32 Å². The van der Waals surface area contributed by atoms with Crippen molar-refractivity contribution in [2.75, 3.05) is 5.32 Å². The minimum absolute atomic E-state index is 0.175. The van der Waals surface area contributed by atoms with Gasteiger partial charge in [0.2, 0.25) is 0 Å². The Morgan fingerprint density at radius 1 is 1.21 bits per heavy atom. The number of rotatable bonds is 5. The molecule has 1 atom stereocenters. The molecule has 1 aromatic carbocycles. The lowest BCUT2D eigenvalue weighted by Crippen LogP contribution is -2.19. The number of aromatic nitrogens is 4. The van der Waals surface area contributed by atoms with Gasteiger partial charge in [-0.1, -0.05) is 29.3 Å². The van der Waals surface area contributed by atoms with E-state index in [-0.39, 0.29) is 6.04 Å². The van der Waals surface area contributed by atoms with Crippen molar-refractivity contribution in [2.24, 2.45) is 0 Å². The summed E-state index contributed by atoms with van der Waals surface area (Å²) in [5.74, 6) is 2.27. The fourth-order valence-corrected chi connectivity index (χ4v) is 3.28. The Morgan fingerprint density at radius 2 is 2.04 bits per heavy atom. The van der Waals surface area contributed by atoms with E-state index >= 15 is 0 Å². The number of anilines is 1. The zero-order chi connectivity index (χ0) is 16.7. The number of fused-ring (bicyclic) bond motifs is 1. The SMILES string of the molecule is CC(Cc1ccc(Cl)cc1Cl)Nc1ccc2nnc(C3CC3)n2n1. The van der Waals surface area contributed by atoms with Crippen molar-refractivity contribution in [3.63, 3.8) is 0 Å². The molecule has 3 aromatic rings. The van der Waals surface area contributed by atoms with Gasteiger partial charge in [-0.05, 0) is 56.0 Å².